The Balaban J connectivity index is 1.78. The molecule has 2 heteroatoms. The van der Waals surface area contributed by atoms with E-state index in [2.05, 4.69) is 6.92 Å². The van der Waals surface area contributed by atoms with Gasteiger partial charge in [-0.2, -0.15) is 0 Å². The molecule has 0 aromatic heterocycles. The molecule has 0 bridgehead atoms. The molecule has 0 spiro atoms. The van der Waals surface area contributed by atoms with Crippen LogP contribution >= 0.6 is 8.81 Å². The van der Waals surface area contributed by atoms with Crippen molar-refractivity contribution in [1.29, 1.82) is 0 Å². The van der Waals surface area contributed by atoms with Gasteiger partial charge < -0.3 is 4.52 Å². The fourth-order valence-corrected chi connectivity index (χ4v) is 3.18. The van der Waals surface area contributed by atoms with Crippen LogP contribution < -0.4 is 4.52 Å². The van der Waals surface area contributed by atoms with Gasteiger partial charge in [0.15, 0.2) is 0 Å². The van der Waals surface area contributed by atoms with Gasteiger partial charge in [-0.05, 0) is 37.3 Å². The Morgan fingerprint density at radius 2 is 2.00 bits per heavy atom. The lowest BCUT2D eigenvalue weighted by Crippen LogP contribution is -1.95. The zero-order chi connectivity index (χ0) is 9.80. The summed E-state index contributed by atoms with van der Waals surface area (Å²) in [6.07, 6.45) is 4.09. The van der Waals surface area contributed by atoms with Crippen LogP contribution in [0.5, 0.6) is 5.75 Å². The van der Waals surface area contributed by atoms with Gasteiger partial charge in [-0.1, -0.05) is 25.1 Å². The van der Waals surface area contributed by atoms with Crippen molar-refractivity contribution in [2.75, 3.05) is 0 Å². The summed E-state index contributed by atoms with van der Waals surface area (Å²) in [6, 6.07) is 10.1. The first-order chi connectivity index (χ1) is 6.84. The summed E-state index contributed by atoms with van der Waals surface area (Å²) in [5.74, 6) is 1.93. The molecule has 76 valence electrons. The highest BCUT2D eigenvalue weighted by atomic mass is 31.1. The van der Waals surface area contributed by atoms with Crippen LogP contribution in [0.4, 0.5) is 0 Å². The van der Waals surface area contributed by atoms with Crippen molar-refractivity contribution in [3.63, 3.8) is 0 Å². The Labute approximate surface area is 87.7 Å². The third kappa shape index (κ3) is 2.72. The molecular weight excluding hydrogens is 191 g/mol. The molecule has 3 unspecified atom stereocenters. The van der Waals surface area contributed by atoms with Gasteiger partial charge in [0.1, 0.15) is 5.75 Å². The van der Waals surface area contributed by atoms with Crippen LogP contribution in [-0.4, -0.2) is 5.66 Å². The number of hydrogen-bond donors (Lipinski definition) is 0. The summed E-state index contributed by atoms with van der Waals surface area (Å²) in [5, 5.41) is 0. The first kappa shape index (κ1) is 9.98. The molecule has 14 heavy (non-hydrogen) atoms. The fraction of sp³-hybridized carbons (Fsp3) is 0.500. The molecule has 0 saturated heterocycles. The lowest BCUT2D eigenvalue weighted by atomic mass is 10.1. The van der Waals surface area contributed by atoms with Crippen LogP contribution in [0.25, 0.3) is 0 Å². The zero-order valence-electron chi connectivity index (χ0n) is 8.57. The SMILES string of the molecule is CC1CCC(POc2ccccc2)C1. The van der Waals surface area contributed by atoms with Crippen molar-refractivity contribution in [1.82, 2.24) is 0 Å². The fourth-order valence-electron chi connectivity index (χ4n) is 1.95. The average molecular weight is 208 g/mol. The van der Waals surface area contributed by atoms with Crippen LogP contribution in [0.3, 0.4) is 0 Å². The second kappa shape index (κ2) is 4.79. The molecule has 1 saturated carbocycles. The van der Waals surface area contributed by atoms with E-state index in [0.717, 1.165) is 17.3 Å². The highest BCUT2D eigenvalue weighted by Crippen LogP contribution is 2.38. The second-order valence-electron chi connectivity index (χ2n) is 4.15. The largest absolute Gasteiger partial charge is 0.477 e. The minimum Gasteiger partial charge on any atom is -0.477 e. The van der Waals surface area contributed by atoms with Crippen LogP contribution in [0, 0.1) is 5.92 Å². The summed E-state index contributed by atoms with van der Waals surface area (Å²) in [6.45, 7) is 2.34. The normalized spacial score (nSPS) is 27.2. The Morgan fingerprint density at radius 1 is 1.21 bits per heavy atom. The monoisotopic (exact) mass is 208 g/mol. The van der Waals surface area contributed by atoms with Gasteiger partial charge in [0, 0.05) is 5.66 Å². The van der Waals surface area contributed by atoms with Crippen molar-refractivity contribution in [2.45, 2.75) is 31.8 Å². The van der Waals surface area contributed by atoms with Crippen LogP contribution in [0.1, 0.15) is 26.2 Å². The third-order valence-electron chi connectivity index (χ3n) is 2.78. The minimum absolute atomic E-state index is 0.649. The molecule has 0 amide bonds. The van der Waals surface area contributed by atoms with E-state index < -0.39 is 0 Å². The molecule has 0 heterocycles. The summed E-state index contributed by atoms with van der Waals surface area (Å²) in [4.78, 5) is 0. The van der Waals surface area contributed by atoms with Crippen molar-refractivity contribution in [3.8, 4) is 5.75 Å². The highest BCUT2D eigenvalue weighted by Gasteiger charge is 2.21. The van der Waals surface area contributed by atoms with E-state index in [0.29, 0.717) is 8.81 Å². The van der Waals surface area contributed by atoms with Crippen LogP contribution in [0.2, 0.25) is 0 Å². The predicted octanol–water partition coefficient (Wildman–Crippen LogP) is 3.85. The third-order valence-corrected chi connectivity index (χ3v) is 3.99. The topological polar surface area (TPSA) is 9.23 Å². The van der Waals surface area contributed by atoms with Gasteiger partial charge >= 0.3 is 0 Å². The van der Waals surface area contributed by atoms with Crippen molar-refractivity contribution in [3.05, 3.63) is 30.3 Å². The average Bonchev–Trinajstić information content (AvgIpc) is 2.63. The maximum absolute atomic E-state index is 5.77. The van der Waals surface area contributed by atoms with Crippen LogP contribution in [0.15, 0.2) is 30.3 Å². The highest BCUT2D eigenvalue weighted by molar-refractivity contribution is 7.33. The van der Waals surface area contributed by atoms with E-state index in [1.807, 2.05) is 30.3 Å². The Kier molecular flexibility index (Phi) is 3.42. The Morgan fingerprint density at radius 3 is 2.64 bits per heavy atom. The quantitative estimate of drug-likeness (QED) is 0.685. The van der Waals surface area contributed by atoms with Gasteiger partial charge in [0.25, 0.3) is 0 Å². The predicted molar refractivity (Wildman–Crippen MR) is 62.2 cm³/mol. The summed E-state index contributed by atoms with van der Waals surface area (Å²) in [5.41, 5.74) is 0.810. The molecule has 1 aliphatic carbocycles. The summed E-state index contributed by atoms with van der Waals surface area (Å²) in [7, 11) is 0.649. The standard InChI is InChI=1S/C12H17OP/c1-10-7-8-12(9-10)14-13-11-5-3-2-4-6-11/h2-6,10,12,14H,7-9H2,1H3. The summed E-state index contributed by atoms with van der Waals surface area (Å²) >= 11 is 0. The maximum Gasteiger partial charge on any atom is 0.122 e. The number of para-hydroxylation sites is 1. The first-order valence-corrected chi connectivity index (χ1v) is 6.30. The lowest BCUT2D eigenvalue weighted by Gasteiger charge is -2.10. The van der Waals surface area contributed by atoms with E-state index in [9.17, 15) is 0 Å². The molecule has 0 aliphatic heterocycles. The molecule has 1 aliphatic rings. The van der Waals surface area contributed by atoms with E-state index >= 15 is 0 Å². The smallest absolute Gasteiger partial charge is 0.122 e. The van der Waals surface area contributed by atoms with E-state index in [1.54, 1.807) is 0 Å². The Hall–Kier alpha value is -0.550. The van der Waals surface area contributed by atoms with Crippen molar-refractivity contribution >= 4 is 8.81 Å². The molecule has 0 radical (unpaired) electrons. The number of benzene rings is 1. The van der Waals surface area contributed by atoms with Gasteiger partial charge in [-0.15, -0.1) is 0 Å². The van der Waals surface area contributed by atoms with Gasteiger partial charge in [-0.25, -0.2) is 0 Å². The lowest BCUT2D eigenvalue weighted by molar-refractivity contribution is 0.596. The van der Waals surface area contributed by atoms with Crippen LogP contribution in [-0.2, 0) is 0 Å². The molecule has 2 rings (SSSR count). The van der Waals surface area contributed by atoms with Crippen molar-refractivity contribution in [2.24, 2.45) is 5.92 Å². The second-order valence-corrected chi connectivity index (χ2v) is 5.40. The number of hydrogen-bond acceptors (Lipinski definition) is 1. The van der Waals surface area contributed by atoms with E-state index in [-0.39, 0.29) is 0 Å². The van der Waals surface area contributed by atoms with E-state index in [1.165, 1.54) is 19.3 Å². The minimum atomic E-state index is 0.649. The molecular formula is C12H17OP. The molecule has 1 aromatic rings. The first-order valence-electron chi connectivity index (χ1n) is 5.32. The van der Waals surface area contributed by atoms with Gasteiger partial charge in [0.05, 0.1) is 8.81 Å². The molecule has 3 atom stereocenters. The summed E-state index contributed by atoms with van der Waals surface area (Å²) < 4.78 is 5.77. The maximum atomic E-state index is 5.77. The van der Waals surface area contributed by atoms with Crippen molar-refractivity contribution < 1.29 is 4.52 Å². The zero-order valence-corrected chi connectivity index (χ0v) is 9.57. The Bertz CT molecular complexity index is 273. The molecule has 1 nitrogen and oxygen atoms in total. The molecule has 0 N–H and O–H groups in total. The van der Waals surface area contributed by atoms with Gasteiger partial charge in [0.2, 0.25) is 0 Å². The molecule has 1 aromatic carbocycles. The van der Waals surface area contributed by atoms with E-state index in [4.69, 9.17) is 4.52 Å². The molecule has 1 fully saturated rings. The number of rotatable bonds is 3. The van der Waals surface area contributed by atoms with Gasteiger partial charge in [-0.3, -0.25) is 0 Å².